The molecule has 22 heavy (non-hydrogen) atoms. The number of anilines is 2. The maximum absolute atomic E-state index is 12.4. The van der Waals surface area contributed by atoms with Crippen LogP contribution in [0.25, 0.3) is 0 Å². The molecule has 0 aliphatic heterocycles. The Hall–Kier alpha value is -2.29. The van der Waals surface area contributed by atoms with Crippen LogP contribution in [0.1, 0.15) is 25.0 Å². The van der Waals surface area contributed by atoms with E-state index in [1.165, 1.54) is 5.56 Å². The van der Waals surface area contributed by atoms with Crippen molar-refractivity contribution >= 4 is 17.3 Å². The summed E-state index contributed by atoms with van der Waals surface area (Å²) < 4.78 is 0. The Kier molecular flexibility index (Phi) is 5.21. The van der Waals surface area contributed by atoms with E-state index in [9.17, 15) is 4.79 Å². The van der Waals surface area contributed by atoms with Crippen LogP contribution in [-0.2, 0) is 4.79 Å². The number of benzene rings is 2. The van der Waals surface area contributed by atoms with Crippen molar-refractivity contribution < 1.29 is 4.79 Å². The van der Waals surface area contributed by atoms with Gasteiger partial charge in [0.25, 0.3) is 0 Å². The van der Waals surface area contributed by atoms with Crippen LogP contribution in [0.3, 0.4) is 0 Å². The molecule has 116 valence electrons. The highest BCUT2D eigenvalue weighted by Gasteiger charge is 2.16. The van der Waals surface area contributed by atoms with Crippen molar-refractivity contribution in [2.75, 3.05) is 16.8 Å². The summed E-state index contributed by atoms with van der Waals surface area (Å²) in [6.07, 6.45) is 0. The lowest BCUT2D eigenvalue weighted by molar-refractivity contribution is -0.115. The first-order valence-corrected chi connectivity index (χ1v) is 7.67. The zero-order chi connectivity index (χ0) is 16.1. The normalized spacial score (nSPS) is 10.6. The number of amides is 1. The van der Waals surface area contributed by atoms with Crippen LogP contribution < -0.4 is 10.2 Å². The van der Waals surface area contributed by atoms with Crippen molar-refractivity contribution in [3.63, 3.8) is 0 Å². The molecule has 0 aromatic heterocycles. The van der Waals surface area contributed by atoms with E-state index < -0.39 is 0 Å². The molecule has 1 amide bonds. The summed E-state index contributed by atoms with van der Waals surface area (Å²) in [5.74, 6) is 0.00579. The van der Waals surface area contributed by atoms with Gasteiger partial charge in [-0.05, 0) is 51.0 Å². The molecule has 1 N–H and O–H groups in total. The topological polar surface area (TPSA) is 32.3 Å². The highest BCUT2D eigenvalue weighted by molar-refractivity contribution is 5.94. The molecular weight excluding hydrogens is 272 g/mol. The number of carbonyl (C=O) groups is 1. The minimum Gasteiger partial charge on any atom is -0.360 e. The average Bonchev–Trinajstić information content (AvgIpc) is 2.48. The Morgan fingerprint density at radius 3 is 2.18 bits per heavy atom. The minimum absolute atomic E-state index is 0.00579. The zero-order valence-corrected chi connectivity index (χ0v) is 13.8. The molecule has 0 bridgehead atoms. The van der Waals surface area contributed by atoms with Crippen molar-refractivity contribution in [2.45, 2.75) is 33.7 Å². The van der Waals surface area contributed by atoms with Crippen LogP contribution in [0.2, 0.25) is 0 Å². The van der Waals surface area contributed by atoms with Crippen molar-refractivity contribution in [3.05, 3.63) is 59.7 Å². The summed E-state index contributed by atoms with van der Waals surface area (Å²) in [4.78, 5) is 14.5. The second kappa shape index (κ2) is 7.12. The van der Waals surface area contributed by atoms with Crippen LogP contribution in [0, 0.1) is 13.8 Å². The SMILES string of the molecule is Cc1ccccc1NC(=O)CN(c1ccccc1C)C(C)C. The molecule has 0 aliphatic carbocycles. The number of nitrogens with zero attached hydrogens (tertiary/aromatic N) is 1. The summed E-state index contributed by atoms with van der Waals surface area (Å²) in [6.45, 7) is 8.62. The van der Waals surface area contributed by atoms with E-state index in [2.05, 4.69) is 43.1 Å². The first kappa shape index (κ1) is 16.1. The fraction of sp³-hybridized carbons (Fsp3) is 0.316. The quantitative estimate of drug-likeness (QED) is 0.898. The van der Waals surface area contributed by atoms with Gasteiger partial charge >= 0.3 is 0 Å². The monoisotopic (exact) mass is 296 g/mol. The average molecular weight is 296 g/mol. The van der Waals surface area contributed by atoms with Gasteiger partial charge in [-0.15, -0.1) is 0 Å². The first-order chi connectivity index (χ1) is 10.5. The number of hydrogen-bond acceptors (Lipinski definition) is 2. The molecule has 2 rings (SSSR count). The molecule has 3 heteroatoms. The predicted molar refractivity (Wildman–Crippen MR) is 93.5 cm³/mol. The third kappa shape index (κ3) is 3.88. The highest BCUT2D eigenvalue weighted by Crippen LogP contribution is 2.22. The number of carbonyl (C=O) groups excluding carboxylic acids is 1. The number of nitrogens with one attached hydrogen (secondary N) is 1. The maximum atomic E-state index is 12.4. The summed E-state index contributed by atoms with van der Waals surface area (Å²) in [6, 6.07) is 16.3. The summed E-state index contributed by atoms with van der Waals surface area (Å²) in [7, 11) is 0. The molecule has 0 atom stereocenters. The van der Waals surface area contributed by atoms with Gasteiger partial charge in [0.2, 0.25) is 5.91 Å². The molecule has 0 saturated heterocycles. The molecule has 0 fully saturated rings. The fourth-order valence-electron chi connectivity index (χ4n) is 2.49. The largest absolute Gasteiger partial charge is 0.360 e. The van der Waals surface area contributed by atoms with Crippen LogP contribution in [0.15, 0.2) is 48.5 Å². The molecule has 3 nitrogen and oxygen atoms in total. The van der Waals surface area contributed by atoms with E-state index in [4.69, 9.17) is 0 Å². The van der Waals surface area contributed by atoms with Gasteiger partial charge in [0.15, 0.2) is 0 Å². The van der Waals surface area contributed by atoms with E-state index in [1.807, 2.05) is 43.3 Å². The Balaban J connectivity index is 2.14. The second-order valence-electron chi connectivity index (χ2n) is 5.87. The van der Waals surface area contributed by atoms with E-state index in [-0.39, 0.29) is 11.9 Å². The van der Waals surface area contributed by atoms with Gasteiger partial charge in [-0.3, -0.25) is 4.79 Å². The van der Waals surface area contributed by atoms with Crippen molar-refractivity contribution in [1.82, 2.24) is 0 Å². The lowest BCUT2D eigenvalue weighted by Crippen LogP contribution is -2.38. The van der Waals surface area contributed by atoms with Gasteiger partial charge in [-0.25, -0.2) is 0 Å². The van der Waals surface area contributed by atoms with Gasteiger partial charge in [-0.1, -0.05) is 36.4 Å². The van der Waals surface area contributed by atoms with Gasteiger partial charge in [0.05, 0.1) is 6.54 Å². The molecule has 0 heterocycles. The van der Waals surface area contributed by atoms with Gasteiger partial charge in [0.1, 0.15) is 0 Å². The van der Waals surface area contributed by atoms with Crippen molar-refractivity contribution in [1.29, 1.82) is 0 Å². The Labute approximate surface area is 133 Å². The lowest BCUT2D eigenvalue weighted by Gasteiger charge is -2.29. The van der Waals surface area contributed by atoms with Crippen molar-refractivity contribution in [3.8, 4) is 0 Å². The van der Waals surface area contributed by atoms with Gasteiger partial charge in [-0.2, -0.15) is 0 Å². The molecular formula is C19H24N2O. The Morgan fingerprint density at radius 1 is 1.00 bits per heavy atom. The maximum Gasteiger partial charge on any atom is 0.243 e. The number of rotatable bonds is 5. The highest BCUT2D eigenvalue weighted by atomic mass is 16.2. The third-order valence-electron chi connectivity index (χ3n) is 3.78. The Morgan fingerprint density at radius 2 is 1.59 bits per heavy atom. The van der Waals surface area contributed by atoms with E-state index in [1.54, 1.807) is 0 Å². The Bertz CT molecular complexity index is 649. The summed E-state index contributed by atoms with van der Waals surface area (Å²) in [5.41, 5.74) is 4.24. The van der Waals surface area contributed by atoms with Crippen LogP contribution in [0.5, 0.6) is 0 Å². The van der Waals surface area contributed by atoms with Gasteiger partial charge in [0, 0.05) is 17.4 Å². The molecule has 0 radical (unpaired) electrons. The van der Waals surface area contributed by atoms with E-state index >= 15 is 0 Å². The molecule has 2 aromatic carbocycles. The van der Waals surface area contributed by atoms with E-state index in [0.29, 0.717) is 6.54 Å². The van der Waals surface area contributed by atoms with Crippen molar-refractivity contribution in [2.24, 2.45) is 0 Å². The molecule has 0 aliphatic rings. The number of hydrogen-bond donors (Lipinski definition) is 1. The molecule has 0 spiro atoms. The van der Waals surface area contributed by atoms with Gasteiger partial charge < -0.3 is 10.2 Å². The minimum atomic E-state index is 0.00579. The summed E-state index contributed by atoms with van der Waals surface area (Å²) in [5, 5.41) is 3.00. The zero-order valence-electron chi connectivity index (χ0n) is 13.8. The van der Waals surface area contributed by atoms with Crippen LogP contribution in [0.4, 0.5) is 11.4 Å². The fourth-order valence-corrected chi connectivity index (χ4v) is 2.49. The molecule has 0 unspecified atom stereocenters. The molecule has 0 saturated carbocycles. The third-order valence-corrected chi connectivity index (χ3v) is 3.78. The predicted octanol–water partition coefficient (Wildman–Crippen LogP) is 4.16. The van der Waals surface area contributed by atoms with Crippen LogP contribution in [-0.4, -0.2) is 18.5 Å². The van der Waals surface area contributed by atoms with E-state index in [0.717, 1.165) is 16.9 Å². The van der Waals surface area contributed by atoms with Crippen LogP contribution >= 0.6 is 0 Å². The second-order valence-corrected chi connectivity index (χ2v) is 5.87. The number of para-hydroxylation sites is 2. The smallest absolute Gasteiger partial charge is 0.243 e. The summed E-state index contributed by atoms with van der Waals surface area (Å²) >= 11 is 0. The molecule has 2 aromatic rings. The standard InChI is InChI=1S/C19H24N2O/c1-14(2)21(18-12-8-6-10-16(18)4)13-19(22)20-17-11-7-5-9-15(17)3/h5-12,14H,13H2,1-4H3,(H,20,22). The lowest BCUT2D eigenvalue weighted by atomic mass is 10.1. The first-order valence-electron chi connectivity index (χ1n) is 7.67. The number of aryl methyl sites for hydroxylation is 2.